The molecule has 21 heavy (non-hydrogen) atoms. The van der Waals surface area contributed by atoms with Crippen molar-refractivity contribution in [2.75, 3.05) is 0 Å². The Kier molecular flexibility index (Phi) is 4.98. The number of rotatable bonds is 6. The first-order valence-corrected chi connectivity index (χ1v) is 7.50. The summed E-state index contributed by atoms with van der Waals surface area (Å²) < 4.78 is 1.89. The Morgan fingerprint density at radius 1 is 1.43 bits per heavy atom. The van der Waals surface area contributed by atoms with Gasteiger partial charge in [-0.1, -0.05) is 13.3 Å². The van der Waals surface area contributed by atoms with E-state index in [1.54, 1.807) is 12.5 Å². The van der Waals surface area contributed by atoms with Gasteiger partial charge in [-0.05, 0) is 25.7 Å². The Bertz CT molecular complexity index is 486. The third-order valence-corrected chi connectivity index (χ3v) is 4.32. The topological polar surface area (TPSA) is 84.2 Å². The van der Waals surface area contributed by atoms with Crippen molar-refractivity contribution in [3.63, 3.8) is 0 Å². The fourth-order valence-electron chi connectivity index (χ4n) is 3.15. The average molecular weight is 293 g/mol. The highest BCUT2D eigenvalue weighted by atomic mass is 16.4. The summed E-state index contributed by atoms with van der Waals surface area (Å²) >= 11 is 0. The maximum absolute atomic E-state index is 12.4. The molecule has 1 fully saturated rings. The van der Waals surface area contributed by atoms with Crippen LogP contribution in [0.2, 0.25) is 0 Å². The quantitative estimate of drug-likeness (QED) is 0.833. The van der Waals surface area contributed by atoms with Gasteiger partial charge in [0.15, 0.2) is 0 Å². The van der Waals surface area contributed by atoms with Gasteiger partial charge in [-0.2, -0.15) is 0 Å². The number of amides is 1. The summed E-state index contributed by atoms with van der Waals surface area (Å²) in [6, 6.07) is -0.0539. The molecule has 1 saturated carbocycles. The molecule has 1 heterocycles. The first-order valence-electron chi connectivity index (χ1n) is 7.50. The van der Waals surface area contributed by atoms with Gasteiger partial charge >= 0.3 is 5.97 Å². The first-order chi connectivity index (χ1) is 10.0. The van der Waals surface area contributed by atoms with Crippen molar-refractivity contribution in [3.8, 4) is 0 Å². The fraction of sp³-hybridized carbons (Fsp3) is 0.667. The molecule has 1 aromatic rings. The monoisotopic (exact) mass is 293 g/mol. The van der Waals surface area contributed by atoms with Gasteiger partial charge in [0.1, 0.15) is 0 Å². The molecule has 6 heteroatoms. The maximum atomic E-state index is 12.4. The minimum atomic E-state index is -0.853. The average Bonchev–Trinajstić information content (AvgIpc) is 3.06. The van der Waals surface area contributed by atoms with Crippen LogP contribution in [0.4, 0.5) is 0 Å². The summed E-state index contributed by atoms with van der Waals surface area (Å²) in [4.78, 5) is 27.6. The number of aromatic nitrogens is 2. The van der Waals surface area contributed by atoms with Crippen molar-refractivity contribution in [1.29, 1.82) is 0 Å². The third-order valence-electron chi connectivity index (χ3n) is 4.32. The lowest BCUT2D eigenvalue weighted by atomic mass is 9.95. The first kappa shape index (κ1) is 15.5. The van der Waals surface area contributed by atoms with Gasteiger partial charge in [0.05, 0.1) is 18.2 Å². The standard InChI is InChI=1S/C15H23N3O3/c1-3-11-6-12(13(7-11)15(20)21)14(19)17-10(2)8-18-5-4-16-9-18/h4-5,9-13H,3,6-8H2,1-2H3,(H,17,19)(H,20,21). The van der Waals surface area contributed by atoms with Crippen LogP contribution in [-0.4, -0.2) is 32.6 Å². The Balaban J connectivity index is 1.93. The number of aliphatic carboxylic acids is 1. The summed E-state index contributed by atoms with van der Waals surface area (Å²) in [5.41, 5.74) is 0. The molecule has 116 valence electrons. The molecule has 1 aromatic heterocycles. The van der Waals surface area contributed by atoms with E-state index in [4.69, 9.17) is 0 Å². The van der Waals surface area contributed by atoms with Crippen LogP contribution in [0.15, 0.2) is 18.7 Å². The van der Waals surface area contributed by atoms with E-state index in [-0.39, 0.29) is 11.9 Å². The number of carbonyl (C=O) groups is 2. The number of hydrogen-bond donors (Lipinski definition) is 2. The molecule has 0 saturated heterocycles. The van der Waals surface area contributed by atoms with Crippen LogP contribution < -0.4 is 5.32 Å². The number of nitrogens with one attached hydrogen (secondary N) is 1. The maximum Gasteiger partial charge on any atom is 0.307 e. The molecule has 0 radical (unpaired) electrons. The zero-order chi connectivity index (χ0) is 15.4. The van der Waals surface area contributed by atoms with Crippen LogP contribution in [0.25, 0.3) is 0 Å². The van der Waals surface area contributed by atoms with Crippen LogP contribution >= 0.6 is 0 Å². The van der Waals surface area contributed by atoms with Gasteiger partial charge in [0, 0.05) is 25.0 Å². The van der Waals surface area contributed by atoms with Gasteiger partial charge in [-0.3, -0.25) is 9.59 Å². The zero-order valence-corrected chi connectivity index (χ0v) is 12.5. The Labute approximate surface area is 124 Å². The van der Waals surface area contributed by atoms with Crippen LogP contribution in [0.5, 0.6) is 0 Å². The summed E-state index contributed by atoms with van der Waals surface area (Å²) in [6.07, 6.45) is 7.45. The van der Waals surface area contributed by atoms with Gasteiger partial charge in [0.25, 0.3) is 0 Å². The zero-order valence-electron chi connectivity index (χ0n) is 12.5. The largest absolute Gasteiger partial charge is 0.481 e. The van der Waals surface area contributed by atoms with Crippen LogP contribution in [-0.2, 0) is 16.1 Å². The van der Waals surface area contributed by atoms with Crippen molar-refractivity contribution in [3.05, 3.63) is 18.7 Å². The second-order valence-corrected chi connectivity index (χ2v) is 5.97. The lowest BCUT2D eigenvalue weighted by Crippen LogP contribution is -2.41. The number of carboxylic acids is 1. The highest BCUT2D eigenvalue weighted by molar-refractivity contribution is 5.85. The van der Waals surface area contributed by atoms with E-state index in [9.17, 15) is 14.7 Å². The molecule has 0 aromatic carbocycles. The lowest BCUT2D eigenvalue weighted by Gasteiger charge is -2.20. The molecule has 2 N–H and O–H groups in total. The second kappa shape index (κ2) is 6.74. The molecular formula is C15H23N3O3. The molecule has 4 atom stereocenters. The van der Waals surface area contributed by atoms with Crippen molar-refractivity contribution in [2.24, 2.45) is 17.8 Å². The van der Waals surface area contributed by atoms with E-state index in [0.29, 0.717) is 25.3 Å². The molecule has 1 aliphatic carbocycles. The van der Waals surface area contributed by atoms with Crippen LogP contribution in [0, 0.1) is 17.8 Å². The normalized spacial score (nSPS) is 26.5. The van der Waals surface area contributed by atoms with Crippen molar-refractivity contribution in [2.45, 2.75) is 45.7 Å². The number of nitrogens with zero attached hydrogens (tertiary/aromatic N) is 2. The highest BCUT2D eigenvalue weighted by Gasteiger charge is 2.42. The van der Waals surface area contributed by atoms with E-state index in [0.717, 1.165) is 6.42 Å². The van der Waals surface area contributed by atoms with E-state index in [1.807, 2.05) is 24.6 Å². The summed E-state index contributed by atoms with van der Waals surface area (Å²) in [5.74, 6) is -1.60. The number of hydrogen-bond acceptors (Lipinski definition) is 3. The van der Waals surface area contributed by atoms with Gasteiger partial charge in [-0.25, -0.2) is 4.98 Å². The summed E-state index contributed by atoms with van der Waals surface area (Å²) in [7, 11) is 0. The lowest BCUT2D eigenvalue weighted by molar-refractivity contribution is -0.146. The smallest absolute Gasteiger partial charge is 0.307 e. The van der Waals surface area contributed by atoms with Crippen molar-refractivity contribution < 1.29 is 14.7 Å². The third kappa shape index (κ3) is 3.83. The van der Waals surface area contributed by atoms with Gasteiger partial charge in [-0.15, -0.1) is 0 Å². The van der Waals surface area contributed by atoms with E-state index < -0.39 is 17.8 Å². The number of imidazole rings is 1. The predicted octanol–water partition coefficient (Wildman–Crippen LogP) is 1.52. The highest BCUT2D eigenvalue weighted by Crippen LogP contribution is 2.38. The second-order valence-electron chi connectivity index (χ2n) is 5.97. The van der Waals surface area contributed by atoms with Crippen molar-refractivity contribution >= 4 is 11.9 Å². The molecule has 0 bridgehead atoms. The van der Waals surface area contributed by atoms with Gasteiger partial charge in [0.2, 0.25) is 5.91 Å². The summed E-state index contributed by atoms with van der Waals surface area (Å²) in [6.45, 7) is 4.60. The minimum absolute atomic E-state index is 0.0539. The molecule has 0 aliphatic heterocycles. The predicted molar refractivity (Wildman–Crippen MR) is 77.5 cm³/mol. The number of carboxylic acid groups (broad SMARTS) is 1. The SMILES string of the molecule is CCC1CC(C(=O)O)C(C(=O)NC(C)Cn2ccnc2)C1. The molecule has 2 rings (SSSR count). The molecule has 1 aliphatic rings. The molecular weight excluding hydrogens is 270 g/mol. The molecule has 0 spiro atoms. The molecule has 4 unspecified atom stereocenters. The van der Waals surface area contributed by atoms with Crippen molar-refractivity contribution in [1.82, 2.24) is 14.9 Å². The van der Waals surface area contributed by atoms with E-state index in [2.05, 4.69) is 10.3 Å². The Hall–Kier alpha value is -1.85. The minimum Gasteiger partial charge on any atom is -0.481 e. The molecule has 1 amide bonds. The fourth-order valence-corrected chi connectivity index (χ4v) is 3.15. The van der Waals surface area contributed by atoms with Gasteiger partial charge < -0.3 is 15.0 Å². The number of carbonyl (C=O) groups excluding carboxylic acids is 1. The molecule has 6 nitrogen and oxygen atoms in total. The Morgan fingerprint density at radius 2 is 2.14 bits per heavy atom. The Morgan fingerprint density at radius 3 is 2.71 bits per heavy atom. The van der Waals surface area contributed by atoms with Crippen LogP contribution in [0.3, 0.4) is 0 Å². The van der Waals surface area contributed by atoms with Crippen LogP contribution in [0.1, 0.15) is 33.1 Å². The summed E-state index contributed by atoms with van der Waals surface area (Å²) in [5, 5.41) is 12.2. The van der Waals surface area contributed by atoms with E-state index in [1.165, 1.54) is 0 Å². The van der Waals surface area contributed by atoms with E-state index >= 15 is 0 Å².